The van der Waals surface area contributed by atoms with Crippen molar-refractivity contribution in [3.63, 3.8) is 0 Å². The van der Waals surface area contributed by atoms with Crippen LogP contribution in [0.15, 0.2) is 18.2 Å². The molecule has 4 amide bonds. The Hall–Kier alpha value is -3.43. The van der Waals surface area contributed by atoms with Gasteiger partial charge in [-0.1, -0.05) is 6.07 Å². The number of hydrogen-bond donors (Lipinski definition) is 2. The second kappa shape index (κ2) is 8.13. The summed E-state index contributed by atoms with van der Waals surface area (Å²) in [6, 6.07) is 4.01. The van der Waals surface area contributed by atoms with Gasteiger partial charge >= 0.3 is 18.0 Å². The number of amides is 4. The minimum Gasteiger partial charge on any atom is -0.465 e. The molecule has 1 aliphatic heterocycles. The van der Waals surface area contributed by atoms with E-state index in [1.165, 1.54) is 13.2 Å². The first-order chi connectivity index (χ1) is 14.2. The maximum atomic E-state index is 12.5. The van der Waals surface area contributed by atoms with Crippen LogP contribution in [0.25, 0.3) is 0 Å². The number of urea groups is 1. The molecule has 0 radical (unpaired) electrons. The maximum Gasteiger partial charge on any atom is 0.337 e. The van der Waals surface area contributed by atoms with E-state index >= 15 is 0 Å². The van der Waals surface area contributed by atoms with Crippen molar-refractivity contribution < 1.29 is 33.4 Å². The molecule has 1 saturated heterocycles. The number of nitrogens with one attached hydrogen (secondary N) is 2. The van der Waals surface area contributed by atoms with Gasteiger partial charge in [0.15, 0.2) is 6.61 Å². The highest BCUT2D eigenvalue weighted by Crippen LogP contribution is 2.42. The maximum absolute atomic E-state index is 12.5. The molecule has 10 heteroatoms. The number of ether oxygens (including phenoxy) is 2. The molecule has 10 nitrogen and oxygen atoms in total. The first-order valence-electron chi connectivity index (χ1n) is 9.44. The molecule has 160 valence electrons. The Bertz CT molecular complexity index is 925. The van der Waals surface area contributed by atoms with Crippen LogP contribution in [0.1, 0.15) is 35.7 Å². The zero-order valence-electron chi connectivity index (χ0n) is 16.9. The minimum atomic E-state index is -0.989. The van der Waals surface area contributed by atoms with Crippen molar-refractivity contribution in [2.24, 2.45) is 5.92 Å². The van der Waals surface area contributed by atoms with Gasteiger partial charge in [-0.2, -0.15) is 0 Å². The van der Waals surface area contributed by atoms with E-state index in [1.54, 1.807) is 26.0 Å². The van der Waals surface area contributed by atoms with Crippen LogP contribution in [0, 0.1) is 12.8 Å². The third kappa shape index (κ3) is 4.27. The molecule has 1 atom stereocenters. The molecule has 2 N–H and O–H groups in total. The summed E-state index contributed by atoms with van der Waals surface area (Å²) in [4.78, 5) is 61.2. The Labute approximate surface area is 172 Å². The van der Waals surface area contributed by atoms with Gasteiger partial charge in [0, 0.05) is 5.69 Å². The highest BCUT2D eigenvalue weighted by atomic mass is 16.5. The number of anilines is 1. The van der Waals surface area contributed by atoms with Crippen LogP contribution in [0.3, 0.4) is 0 Å². The van der Waals surface area contributed by atoms with Gasteiger partial charge in [0.2, 0.25) is 0 Å². The van der Waals surface area contributed by atoms with Crippen LogP contribution in [-0.4, -0.2) is 60.5 Å². The predicted molar refractivity (Wildman–Crippen MR) is 103 cm³/mol. The lowest BCUT2D eigenvalue weighted by Crippen LogP contribution is -2.46. The number of methoxy groups -OCH3 is 1. The molecule has 1 aromatic rings. The molecule has 2 fully saturated rings. The van der Waals surface area contributed by atoms with E-state index in [1.807, 2.05) is 0 Å². The van der Waals surface area contributed by atoms with Crippen LogP contribution < -0.4 is 10.6 Å². The van der Waals surface area contributed by atoms with Gasteiger partial charge in [-0.3, -0.25) is 19.3 Å². The fraction of sp³-hybridized carbons (Fsp3) is 0.450. The summed E-state index contributed by atoms with van der Waals surface area (Å²) in [5.74, 6) is -2.46. The fourth-order valence-electron chi connectivity index (χ4n) is 3.31. The standard InChI is InChI=1S/C20H23N3O7/c1-11-4-5-12(17(26)29-3)8-14(11)21-15(24)10-30-16(25)9-23-18(27)20(2,13-6-7-13)22-19(23)28/h4-5,8,13H,6-7,9-10H2,1-3H3,(H,21,24)(H,22,28)/t20-/m1/s1. The van der Waals surface area contributed by atoms with Crippen molar-refractivity contribution in [3.8, 4) is 0 Å². The molecule has 0 spiro atoms. The number of hydrogen-bond acceptors (Lipinski definition) is 7. The molecule has 0 unspecified atom stereocenters. The lowest BCUT2D eigenvalue weighted by molar-refractivity contribution is -0.150. The summed E-state index contributed by atoms with van der Waals surface area (Å²) < 4.78 is 9.54. The molecular formula is C20H23N3O7. The Morgan fingerprint density at radius 2 is 1.97 bits per heavy atom. The Morgan fingerprint density at radius 1 is 1.27 bits per heavy atom. The molecule has 1 saturated carbocycles. The van der Waals surface area contributed by atoms with Crippen LogP contribution in [0.4, 0.5) is 10.5 Å². The molecule has 2 aliphatic rings. The van der Waals surface area contributed by atoms with Crippen molar-refractivity contribution in [3.05, 3.63) is 29.3 Å². The van der Waals surface area contributed by atoms with Crippen molar-refractivity contribution in [2.45, 2.75) is 32.2 Å². The van der Waals surface area contributed by atoms with E-state index in [9.17, 15) is 24.0 Å². The number of esters is 2. The van der Waals surface area contributed by atoms with Crippen LogP contribution in [0.2, 0.25) is 0 Å². The SMILES string of the molecule is COC(=O)c1ccc(C)c(NC(=O)COC(=O)CN2C(=O)N[C@](C)(C3CC3)C2=O)c1. The number of carbonyl (C=O) groups is 5. The van der Waals surface area contributed by atoms with Crippen molar-refractivity contribution in [2.75, 3.05) is 25.6 Å². The van der Waals surface area contributed by atoms with E-state index in [4.69, 9.17) is 4.74 Å². The summed E-state index contributed by atoms with van der Waals surface area (Å²) in [6.45, 7) is 2.20. The monoisotopic (exact) mass is 417 g/mol. The van der Waals surface area contributed by atoms with E-state index in [0.717, 1.165) is 17.7 Å². The van der Waals surface area contributed by atoms with Gasteiger partial charge in [0.1, 0.15) is 12.1 Å². The summed E-state index contributed by atoms with van der Waals surface area (Å²) >= 11 is 0. The normalized spacial score (nSPS) is 20.6. The smallest absolute Gasteiger partial charge is 0.337 e. The highest BCUT2D eigenvalue weighted by Gasteiger charge is 2.56. The number of rotatable bonds is 7. The zero-order chi connectivity index (χ0) is 22.1. The van der Waals surface area contributed by atoms with Crippen molar-refractivity contribution in [1.82, 2.24) is 10.2 Å². The Kier molecular flexibility index (Phi) is 5.77. The van der Waals surface area contributed by atoms with Gasteiger partial charge in [-0.15, -0.1) is 0 Å². The van der Waals surface area contributed by atoms with Crippen LogP contribution in [0.5, 0.6) is 0 Å². The quantitative estimate of drug-likeness (QED) is 0.499. The fourth-order valence-corrected chi connectivity index (χ4v) is 3.31. The van der Waals surface area contributed by atoms with E-state index in [2.05, 4.69) is 15.4 Å². The number of imide groups is 1. The first kappa shape index (κ1) is 21.3. The van der Waals surface area contributed by atoms with Crippen LogP contribution in [-0.2, 0) is 23.9 Å². The average molecular weight is 417 g/mol. The summed E-state index contributed by atoms with van der Waals surface area (Å²) in [7, 11) is 1.25. The second-order valence-electron chi connectivity index (χ2n) is 7.53. The number of aryl methyl sites for hydroxylation is 1. The molecule has 3 rings (SSSR count). The van der Waals surface area contributed by atoms with E-state index < -0.39 is 48.5 Å². The van der Waals surface area contributed by atoms with Crippen LogP contribution >= 0.6 is 0 Å². The van der Waals surface area contributed by atoms with Gasteiger partial charge in [0.05, 0.1) is 12.7 Å². The topological polar surface area (TPSA) is 131 Å². The molecule has 0 aromatic heterocycles. The molecule has 1 aromatic carbocycles. The number of benzene rings is 1. The summed E-state index contributed by atoms with van der Waals surface area (Å²) in [5, 5.41) is 5.18. The lowest BCUT2D eigenvalue weighted by atomic mass is 9.96. The molecule has 0 bridgehead atoms. The largest absolute Gasteiger partial charge is 0.465 e. The highest BCUT2D eigenvalue weighted by molar-refractivity contribution is 6.09. The third-order valence-electron chi connectivity index (χ3n) is 5.28. The number of carbonyl (C=O) groups excluding carboxylic acids is 5. The number of nitrogens with zero attached hydrogens (tertiary/aromatic N) is 1. The summed E-state index contributed by atoms with van der Waals surface area (Å²) in [6.07, 6.45) is 1.69. The average Bonchev–Trinajstić information content (AvgIpc) is 3.53. The van der Waals surface area contributed by atoms with Gasteiger partial charge in [-0.05, 0) is 50.3 Å². The second-order valence-corrected chi connectivity index (χ2v) is 7.53. The Balaban J connectivity index is 1.53. The van der Waals surface area contributed by atoms with Gasteiger partial charge in [0.25, 0.3) is 11.8 Å². The predicted octanol–water partition coefficient (Wildman–Crippen LogP) is 0.984. The summed E-state index contributed by atoms with van der Waals surface area (Å²) in [5.41, 5.74) is 0.332. The van der Waals surface area contributed by atoms with Gasteiger partial charge < -0.3 is 20.1 Å². The molecule has 30 heavy (non-hydrogen) atoms. The van der Waals surface area contributed by atoms with E-state index in [0.29, 0.717) is 11.3 Å². The minimum absolute atomic E-state index is 0.0738. The lowest BCUT2D eigenvalue weighted by Gasteiger charge is -2.20. The Morgan fingerprint density at radius 3 is 2.60 bits per heavy atom. The van der Waals surface area contributed by atoms with Crippen molar-refractivity contribution >= 4 is 35.5 Å². The zero-order valence-corrected chi connectivity index (χ0v) is 16.9. The van der Waals surface area contributed by atoms with Gasteiger partial charge in [-0.25, -0.2) is 9.59 Å². The first-order valence-corrected chi connectivity index (χ1v) is 9.44. The molecular weight excluding hydrogens is 394 g/mol. The molecule has 1 heterocycles. The van der Waals surface area contributed by atoms with Crippen molar-refractivity contribution in [1.29, 1.82) is 0 Å². The third-order valence-corrected chi connectivity index (χ3v) is 5.28. The molecule has 1 aliphatic carbocycles. The van der Waals surface area contributed by atoms with E-state index in [-0.39, 0.29) is 11.5 Å².